The van der Waals surface area contributed by atoms with Crippen molar-refractivity contribution in [2.45, 2.75) is 226 Å². The highest BCUT2D eigenvalue weighted by Gasteiger charge is 2.18. The highest BCUT2D eigenvalue weighted by Crippen LogP contribution is 2.15. The highest BCUT2D eigenvalue weighted by atomic mass is 16.7. The van der Waals surface area contributed by atoms with E-state index >= 15 is 0 Å². The number of hydrogen-bond acceptors (Lipinski definition) is 4. The van der Waals surface area contributed by atoms with Crippen molar-refractivity contribution in [1.29, 1.82) is 0 Å². The second-order valence-corrected chi connectivity index (χ2v) is 13.2. The zero-order chi connectivity index (χ0) is 32.9. The summed E-state index contributed by atoms with van der Waals surface area (Å²) in [6.07, 6.45) is 44.0. The van der Waals surface area contributed by atoms with Crippen LogP contribution in [0.15, 0.2) is 24.3 Å². The standard InChI is InChI=1S/C41H76O4/c1-4-7-10-12-14-16-18-20-22-24-26-28-30-32-34-36-39(42)44-41(38-9-6-3)45-40(43)37-35-33-31-29-27-25-23-21-19-17-15-13-11-8-5-2/h20-23,41H,4-19,24-38H2,1-3H3. The first-order valence-electron chi connectivity index (χ1n) is 19.8. The molecule has 0 spiro atoms. The Kier molecular flexibility index (Phi) is 35.6. The van der Waals surface area contributed by atoms with Gasteiger partial charge < -0.3 is 9.47 Å². The van der Waals surface area contributed by atoms with E-state index < -0.39 is 6.29 Å². The molecule has 264 valence electrons. The van der Waals surface area contributed by atoms with E-state index in [1.165, 1.54) is 128 Å². The fraction of sp³-hybridized carbons (Fsp3) is 0.854. The second-order valence-electron chi connectivity index (χ2n) is 13.2. The molecule has 0 aliphatic heterocycles. The molecule has 0 amide bonds. The Bertz CT molecular complexity index is 629. The van der Waals surface area contributed by atoms with Gasteiger partial charge in [-0.15, -0.1) is 0 Å². The molecule has 4 heteroatoms. The smallest absolute Gasteiger partial charge is 0.308 e. The van der Waals surface area contributed by atoms with Crippen LogP contribution < -0.4 is 0 Å². The lowest BCUT2D eigenvalue weighted by molar-refractivity contribution is -0.189. The first kappa shape index (κ1) is 43.4. The lowest BCUT2D eigenvalue weighted by Crippen LogP contribution is -2.24. The number of allylic oxidation sites excluding steroid dienone is 4. The van der Waals surface area contributed by atoms with E-state index in [1.54, 1.807) is 0 Å². The summed E-state index contributed by atoms with van der Waals surface area (Å²) in [4.78, 5) is 24.8. The third kappa shape index (κ3) is 35.1. The van der Waals surface area contributed by atoms with Crippen molar-refractivity contribution in [3.63, 3.8) is 0 Å². The van der Waals surface area contributed by atoms with Crippen LogP contribution in [0.3, 0.4) is 0 Å². The summed E-state index contributed by atoms with van der Waals surface area (Å²) in [6, 6.07) is 0. The molecule has 0 radical (unpaired) electrons. The SMILES string of the molecule is CCCCCCCCC=CCCCCCCCC(=O)OC(CCCC)OC(=O)CCCCCCCC=CCCCCCCCC. The molecule has 0 unspecified atom stereocenters. The Morgan fingerprint density at radius 2 is 0.689 bits per heavy atom. The van der Waals surface area contributed by atoms with E-state index in [0.717, 1.165) is 51.4 Å². The van der Waals surface area contributed by atoms with Gasteiger partial charge in [-0.05, 0) is 70.6 Å². The van der Waals surface area contributed by atoms with Crippen molar-refractivity contribution in [3.8, 4) is 0 Å². The number of carbonyl (C=O) groups excluding carboxylic acids is 2. The molecule has 4 nitrogen and oxygen atoms in total. The van der Waals surface area contributed by atoms with Crippen molar-refractivity contribution >= 4 is 11.9 Å². The summed E-state index contributed by atoms with van der Waals surface area (Å²) < 4.78 is 11.1. The van der Waals surface area contributed by atoms with Gasteiger partial charge in [0.25, 0.3) is 0 Å². The molecule has 0 fully saturated rings. The zero-order valence-corrected chi connectivity index (χ0v) is 30.4. The van der Waals surface area contributed by atoms with E-state index in [-0.39, 0.29) is 11.9 Å². The maximum Gasteiger partial charge on any atom is 0.308 e. The lowest BCUT2D eigenvalue weighted by atomic mass is 10.1. The Labute approximate surface area is 281 Å². The van der Waals surface area contributed by atoms with Crippen LogP contribution >= 0.6 is 0 Å². The number of hydrogen-bond donors (Lipinski definition) is 0. The molecular formula is C41H76O4. The van der Waals surface area contributed by atoms with Crippen LogP contribution in [0, 0.1) is 0 Å². The van der Waals surface area contributed by atoms with E-state index in [1.807, 2.05) is 0 Å². The molecule has 0 N–H and O–H groups in total. The van der Waals surface area contributed by atoms with Gasteiger partial charge in [0.05, 0.1) is 0 Å². The maximum absolute atomic E-state index is 12.4. The number of unbranched alkanes of at least 4 members (excludes halogenated alkanes) is 23. The quantitative estimate of drug-likeness (QED) is 0.0302. The molecule has 45 heavy (non-hydrogen) atoms. The molecule has 0 aromatic carbocycles. The Morgan fingerprint density at radius 3 is 1.02 bits per heavy atom. The number of carbonyl (C=O) groups is 2. The minimum Gasteiger partial charge on any atom is -0.425 e. The molecule has 0 bridgehead atoms. The number of esters is 2. The summed E-state index contributed by atoms with van der Waals surface area (Å²) in [5.74, 6) is -0.467. The van der Waals surface area contributed by atoms with E-state index in [0.29, 0.717) is 19.3 Å². The van der Waals surface area contributed by atoms with Crippen LogP contribution in [0.5, 0.6) is 0 Å². The minimum atomic E-state index is -0.726. The van der Waals surface area contributed by atoms with Crippen LogP contribution in [-0.4, -0.2) is 18.2 Å². The van der Waals surface area contributed by atoms with Gasteiger partial charge in [-0.2, -0.15) is 0 Å². The van der Waals surface area contributed by atoms with Crippen molar-refractivity contribution in [1.82, 2.24) is 0 Å². The summed E-state index contributed by atoms with van der Waals surface area (Å²) >= 11 is 0. The van der Waals surface area contributed by atoms with Gasteiger partial charge >= 0.3 is 11.9 Å². The highest BCUT2D eigenvalue weighted by molar-refractivity contribution is 5.71. The molecule has 0 aliphatic rings. The largest absolute Gasteiger partial charge is 0.425 e. The third-order valence-electron chi connectivity index (χ3n) is 8.60. The second kappa shape index (κ2) is 36.9. The first-order valence-corrected chi connectivity index (χ1v) is 19.8. The molecule has 0 aromatic rings. The third-order valence-corrected chi connectivity index (χ3v) is 8.60. The predicted octanol–water partition coefficient (Wildman–Crippen LogP) is 13.7. The number of ether oxygens (including phenoxy) is 2. The average molecular weight is 633 g/mol. The predicted molar refractivity (Wildman–Crippen MR) is 194 cm³/mol. The lowest BCUT2D eigenvalue weighted by Gasteiger charge is -2.18. The fourth-order valence-electron chi connectivity index (χ4n) is 5.60. The first-order chi connectivity index (χ1) is 22.1. The summed E-state index contributed by atoms with van der Waals surface area (Å²) in [5, 5.41) is 0. The Morgan fingerprint density at radius 1 is 0.400 bits per heavy atom. The van der Waals surface area contributed by atoms with Gasteiger partial charge in [-0.1, -0.05) is 154 Å². The van der Waals surface area contributed by atoms with Crippen LogP contribution in [0.1, 0.15) is 220 Å². The van der Waals surface area contributed by atoms with Crippen LogP contribution in [0.25, 0.3) is 0 Å². The van der Waals surface area contributed by atoms with Gasteiger partial charge in [0.2, 0.25) is 6.29 Å². The minimum absolute atomic E-state index is 0.234. The molecule has 0 saturated heterocycles. The molecule has 0 heterocycles. The summed E-state index contributed by atoms with van der Waals surface area (Å²) in [6.45, 7) is 6.63. The van der Waals surface area contributed by atoms with Crippen LogP contribution in [-0.2, 0) is 19.1 Å². The van der Waals surface area contributed by atoms with Gasteiger partial charge in [0, 0.05) is 19.3 Å². The van der Waals surface area contributed by atoms with E-state index in [2.05, 4.69) is 45.1 Å². The monoisotopic (exact) mass is 633 g/mol. The fourth-order valence-corrected chi connectivity index (χ4v) is 5.60. The molecular weight excluding hydrogens is 556 g/mol. The maximum atomic E-state index is 12.4. The molecule has 0 saturated carbocycles. The Hall–Kier alpha value is -1.58. The molecule has 0 aliphatic carbocycles. The summed E-state index contributed by atoms with van der Waals surface area (Å²) in [7, 11) is 0. The average Bonchev–Trinajstić information content (AvgIpc) is 3.03. The van der Waals surface area contributed by atoms with Crippen molar-refractivity contribution < 1.29 is 19.1 Å². The summed E-state index contributed by atoms with van der Waals surface area (Å²) in [5.41, 5.74) is 0. The van der Waals surface area contributed by atoms with Crippen LogP contribution in [0.2, 0.25) is 0 Å². The Balaban J connectivity index is 3.79. The van der Waals surface area contributed by atoms with Crippen molar-refractivity contribution in [3.05, 3.63) is 24.3 Å². The van der Waals surface area contributed by atoms with Crippen LogP contribution in [0.4, 0.5) is 0 Å². The van der Waals surface area contributed by atoms with Crippen molar-refractivity contribution in [2.75, 3.05) is 0 Å². The topological polar surface area (TPSA) is 52.6 Å². The molecule has 0 aromatic heterocycles. The zero-order valence-electron chi connectivity index (χ0n) is 30.4. The van der Waals surface area contributed by atoms with Gasteiger partial charge in [-0.25, -0.2) is 0 Å². The van der Waals surface area contributed by atoms with E-state index in [9.17, 15) is 9.59 Å². The van der Waals surface area contributed by atoms with E-state index in [4.69, 9.17) is 9.47 Å². The van der Waals surface area contributed by atoms with Gasteiger partial charge in [-0.3, -0.25) is 9.59 Å². The molecule has 0 atom stereocenters. The normalized spacial score (nSPS) is 12.3. The van der Waals surface area contributed by atoms with Gasteiger partial charge in [0.15, 0.2) is 0 Å². The molecule has 0 rings (SSSR count). The van der Waals surface area contributed by atoms with Crippen molar-refractivity contribution in [2.24, 2.45) is 0 Å². The number of rotatable bonds is 35. The van der Waals surface area contributed by atoms with Gasteiger partial charge in [0.1, 0.15) is 0 Å².